The third-order valence-corrected chi connectivity index (χ3v) is 4.17. The average molecular weight is 499 g/mol. The van der Waals surface area contributed by atoms with Crippen molar-refractivity contribution in [3.05, 3.63) is 41.5 Å². The average Bonchev–Trinajstić information content (AvgIpc) is 2.80. The van der Waals surface area contributed by atoms with Gasteiger partial charge in [-0.25, -0.2) is 0 Å². The van der Waals surface area contributed by atoms with Gasteiger partial charge in [-0.05, 0) is 35.4 Å². The molecule has 0 heterocycles. The fourth-order valence-electron chi connectivity index (χ4n) is 2.63. The van der Waals surface area contributed by atoms with Crippen molar-refractivity contribution in [2.24, 2.45) is 5.73 Å². The van der Waals surface area contributed by atoms with Crippen LogP contribution in [0.15, 0.2) is 30.3 Å². The summed E-state index contributed by atoms with van der Waals surface area (Å²) in [6.07, 6.45) is 4.45. The van der Waals surface area contributed by atoms with Crippen LogP contribution in [0.3, 0.4) is 0 Å². The fraction of sp³-hybridized carbons (Fsp3) is 0.318. The molecule has 0 spiro atoms. The van der Waals surface area contributed by atoms with Gasteiger partial charge in [0.15, 0.2) is 11.5 Å². The second-order valence-corrected chi connectivity index (χ2v) is 8.23. The molecule has 2 aromatic carbocycles. The van der Waals surface area contributed by atoms with Crippen LogP contribution in [-0.2, 0) is 14.9 Å². The number of aliphatic hydroxyl groups is 1. The lowest BCUT2D eigenvalue weighted by Crippen LogP contribution is -2.38. The van der Waals surface area contributed by atoms with E-state index in [-0.39, 0.29) is 0 Å². The molecule has 0 bridgehead atoms. The molecule has 0 aliphatic carbocycles. The van der Waals surface area contributed by atoms with Crippen LogP contribution in [0.5, 0.6) is 23.0 Å². The third kappa shape index (κ3) is 9.27. The summed E-state index contributed by atoms with van der Waals surface area (Å²) in [5.74, 6) is 1.59. The summed E-state index contributed by atoms with van der Waals surface area (Å²) in [6, 6.07) is 7.95. The molecule has 0 fully saturated rings. The minimum absolute atomic E-state index is 0.450. The van der Waals surface area contributed by atoms with E-state index < -0.39 is 28.7 Å². The Hall–Kier alpha value is -3.32. The Kier molecular flexibility index (Phi) is 11.3. The van der Waals surface area contributed by atoms with Gasteiger partial charge in [0.1, 0.15) is 11.8 Å². The zero-order valence-corrected chi connectivity index (χ0v) is 20.4. The number of carbonyl (C=O) groups is 1. The van der Waals surface area contributed by atoms with Crippen molar-refractivity contribution in [1.29, 1.82) is 0 Å². The van der Waals surface area contributed by atoms with E-state index in [1.54, 1.807) is 33.5 Å². The van der Waals surface area contributed by atoms with Crippen molar-refractivity contribution in [2.45, 2.75) is 6.04 Å². The predicted octanol–water partition coefficient (Wildman–Crippen LogP) is 1.65. The minimum Gasteiger partial charge on any atom is -0.495 e. The van der Waals surface area contributed by atoms with Gasteiger partial charge in [0.05, 0.1) is 47.0 Å². The summed E-state index contributed by atoms with van der Waals surface area (Å²) >= 11 is 0. The first-order valence-corrected chi connectivity index (χ1v) is 11.6. The zero-order valence-electron chi connectivity index (χ0n) is 19.6. The molecule has 34 heavy (non-hydrogen) atoms. The van der Waals surface area contributed by atoms with Gasteiger partial charge < -0.3 is 35.1 Å². The minimum atomic E-state index is -3.67. The Morgan fingerprint density at radius 3 is 1.91 bits per heavy atom. The van der Waals surface area contributed by atoms with E-state index in [4.69, 9.17) is 34.3 Å². The molecule has 2 aromatic rings. The highest BCUT2D eigenvalue weighted by Gasteiger charge is 2.15. The first-order chi connectivity index (χ1) is 16.0. The van der Waals surface area contributed by atoms with Gasteiger partial charge >= 0.3 is 0 Å². The summed E-state index contributed by atoms with van der Waals surface area (Å²) in [5.41, 5.74) is 7.66. The number of benzene rings is 2. The normalized spacial score (nSPS) is 11.8. The summed E-state index contributed by atoms with van der Waals surface area (Å²) in [6.45, 7) is -0.450. The molecule has 0 aliphatic heterocycles. The number of rotatable bonds is 9. The third-order valence-electron chi connectivity index (χ3n) is 4.17. The van der Waals surface area contributed by atoms with Crippen LogP contribution >= 0.6 is 0 Å². The van der Waals surface area contributed by atoms with Crippen LogP contribution in [0.4, 0.5) is 5.69 Å². The number of aliphatic hydroxyl groups excluding tert-OH is 1. The van der Waals surface area contributed by atoms with E-state index in [9.17, 15) is 13.2 Å². The highest BCUT2D eigenvalue weighted by molar-refractivity contribution is 7.85. The van der Waals surface area contributed by atoms with Crippen molar-refractivity contribution in [3.63, 3.8) is 0 Å². The number of ether oxygens (including phenoxy) is 4. The first-order valence-electron chi connectivity index (χ1n) is 9.73. The number of nitrogens with two attached hydrogens (primary N) is 1. The zero-order chi connectivity index (χ0) is 25.9. The van der Waals surface area contributed by atoms with Gasteiger partial charge in [-0.2, -0.15) is 8.42 Å². The van der Waals surface area contributed by atoms with Gasteiger partial charge in [0.2, 0.25) is 11.7 Å². The molecule has 5 N–H and O–H groups in total. The van der Waals surface area contributed by atoms with Crippen LogP contribution in [0.1, 0.15) is 11.1 Å². The van der Waals surface area contributed by atoms with Gasteiger partial charge in [-0.3, -0.25) is 9.35 Å². The second kappa shape index (κ2) is 13.4. The van der Waals surface area contributed by atoms with E-state index in [1.165, 1.54) is 7.11 Å². The molecule has 0 saturated heterocycles. The maximum atomic E-state index is 12.0. The topological polar surface area (TPSA) is 167 Å². The number of nitrogens with one attached hydrogen (secondary N) is 1. The highest BCUT2D eigenvalue weighted by Crippen LogP contribution is 2.38. The molecule has 12 heteroatoms. The largest absolute Gasteiger partial charge is 0.495 e. The molecule has 0 aliphatic rings. The fourth-order valence-corrected chi connectivity index (χ4v) is 2.63. The number of anilines is 1. The van der Waals surface area contributed by atoms with Crippen LogP contribution in [0, 0.1) is 0 Å². The Balaban J connectivity index is 0.00000104. The summed E-state index contributed by atoms with van der Waals surface area (Å²) in [5, 5.41) is 11.7. The van der Waals surface area contributed by atoms with Gasteiger partial charge in [0.25, 0.3) is 10.1 Å². The van der Waals surface area contributed by atoms with E-state index in [1.807, 2.05) is 30.4 Å². The molecule has 2 rings (SSSR count). The molecular formula is C22H30N2O9S. The van der Waals surface area contributed by atoms with Gasteiger partial charge in [0, 0.05) is 0 Å². The number of hydrogen-bond acceptors (Lipinski definition) is 9. The van der Waals surface area contributed by atoms with Crippen molar-refractivity contribution < 1.29 is 41.8 Å². The number of carbonyl (C=O) groups excluding carboxylic acids is 1. The number of methoxy groups -OCH3 is 4. The smallest absolute Gasteiger partial charge is 0.261 e. The maximum Gasteiger partial charge on any atom is 0.261 e. The lowest BCUT2D eigenvalue weighted by molar-refractivity contribution is -0.118. The SMILES string of the molecule is COc1ccc(/C=C\c2cc(OC)c(OC)c(OC)c2)cc1NC(=O)[C@@H](N)CO.CS(=O)(=O)O. The lowest BCUT2D eigenvalue weighted by Gasteiger charge is -2.14. The highest BCUT2D eigenvalue weighted by atomic mass is 32.2. The molecule has 0 unspecified atom stereocenters. The standard InChI is InChI=1S/C21H26N2O6.CH4O3S/c1-26-17-8-7-13(9-16(17)23-21(25)15(22)12-24)5-6-14-10-18(27-2)20(29-4)19(11-14)28-3;1-5(2,3)4/h5-11,15,24H,12,22H2,1-4H3,(H,23,25);1H3,(H,2,3,4)/b6-5-;/t15-;/m0./s1. The molecular weight excluding hydrogens is 468 g/mol. The Bertz CT molecular complexity index is 1070. The van der Waals surface area contributed by atoms with E-state index >= 15 is 0 Å². The van der Waals surface area contributed by atoms with Crippen LogP contribution in [0.25, 0.3) is 12.2 Å². The van der Waals surface area contributed by atoms with Crippen LogP contribution in [-0.4, -0.2) is 71.3 Å². The second-order valence-electron chi connectivity index (χ2n) is 6.76. The van der Waals surface area contributed by atoms with Crippen LogP contribution in [0.2, 0.25) is 0 Å². The van der Waals surface area contributed by atoms with Crippen molar-refractivity contribution in [2.75, 3.05) is 46.6 Å². The van der Waals surface area contributed by atoms with Gasteiger partial charge in [-0.1, -0.05) is 18.2 Å². The monoisotopic (exact) mass is 498 g/mol. The summed E-state index contributed by atoms with van der Waals surface area (Å²) in [7, 11) is 2.49. The maximum absolute atomic E-state index is 12.0. The summed E-state index contributed by atoms with van der Waals surface area (Å²) < 4.78 is 47.2. The molecule has 0 radical (unpaired) electrons. The van der Waals surface area contributed by atoms with Crippen molar-refractivity contribution >= 4 is 33.9 Å². The number of hydrogen-bond donors (Lipinski definition) is 4. The molecule has 1 atom stereocenters. The quantitative estimate of drug-likeness (QED) is 0.295. The lowest BCUT2D eigenvalue weighted by atomic mass is 10.1. The molecule has 1 amide bonds. The van der Waals surface area contributed by atoms with Crippen molar-refractivity contribution in [3.8, 4) is 23.0 Å². The number of amides is 1. The molecule has 11 nitrogen and oxygen atoms in total. The summed E-state index contributed by atoms with van der Waals surface area (Å²) in [4.78, 5) is 12.0. The Labute approximate surface area is 198 Å². The van der Waals surface area contributed by atoms with E-state index in [0.29, 0.717) is 34.9 Å². The Morgan fingerprint density at radius 2 is 1.47 bits per heavy atom. The van der Waals surface area contributed by atoms with Crippen LogP contribution < -0.4 is 30.0 Å². The Morgan fingerprint density at radius 1 is 0.971 bits per heavy atom. The molecule has 0 saturated carbocycles. The van der Waals surface area contributed by atoms with E-state index in [0.717, 1.165) is 11.1 Å². The van der Waals surface area contributed by atoms with Crippen molar-refractivity contribution in [1.82, 2.24) is 0 Å². The first kappa shape index (κ1) is 28.7. The molecule has 188 valence electrons. The molecule has 0 aromatic heterocycles. The van der Waals surface area contributed by atoms with Gasteiger partial charge in [-0.15, -0.1) is 0 Å². The predicted molar refractivity (Wildman–Crippen MR) is 129 cm³/mol. The van der Waals surface area contributed by atoms with E-state index in [2.05, 4.69) is 5.32 Å².